The molecule has 2 aromatic heterocycles. The summed E-state index contributed by atoms with van der Waals surface area (Å²) in [6.45, 7) is 0.322. The van der Waals surface area contributed by atoms with Crippen LogP contribution in [0.25, 0.3) is 44.4 Å². The molecule has 9 rings (SSSR count). The molecule has 3 aliphatic rings. The fraction of sp³-hybridized carbons (Fsp3) is 0. The van der Waals surface area contributed by atoms with Gasteiger partial charge >= 0.3 is 0 Å². The molecule has 4 heteroatoms. The average molecular weight is 396 g/mol. The number of benzene rings is 4. The molecule has 0 radical (unpaired) electrons. The highest BCUT2D eigenvalue weighted by molar-refractivity contribution is 8.00. The van der Waals surface area contributed by atoms with E-state index in [0.29, 0.717) is 6.71 Å². The summed E-state index contributed by atoms with van der Waals surface area (Å²) < 4.78 is 5.02. The first kappa shape index (κ1) is 14.6. The van der Waals surface area contributed by atoms with E-state index in [-0.39, 0.29) is 0 Å². The molecule has 0 saturated heterocycles. The molecule has 0 amide bonds. The van der Waals surface area contributed by atoms with E-state index < -0.39 is 0 Å². The van der Waals surface area contributed by atoms with Gasteiger partial charge in [-0.15, -0.1) is 0 Å². The molecule has 2 nitrogen and oxygen atoms in total. The Kier molecular flexibility index (Phi) is 2.20. The maximum Gasteiger partial charge on any atom is 0.253 e. The number of imidazole rings is 1. The van der Waals surface area contributed by atoms with Gasteiger partial charge in [0.05, 0.1) is 16.6 Å². The maximum atomic E-state index is 2.52. The van der Waals surface area contributed by atoms with Crippen molar-refractivity contribution in [1.29, 1.82) is 0 Å². The third-order valence-corrected chi connectivity index (χ3v) is 8.46. The predicted octanol–water partition coefficient (Wildman–Crippen LogP) is 4.31. The molecule has 0 N–H and O–H groups in total. The van der Waals surface area contributed by atoms with Gasteiger partial charge in [-0.1, -0.05) is 54.2 Å². The summed E-state index contributed by atoms with van der Waals surface area (Å²) in [7, 11) is 0. The second-order valence-electron chi connectivity index (χ2n) is 8.54. The third-order valence-electron chi connectivity index (χ3n) is 7.31. The minimum absolute atomic E-state index is 0.322. The number of nitrogens with zero attached hydrogens (tertiary/aromatic N) is 2. The number of aromatic nitrogens is 2. The molecule has 3 aliphatic heterocycles. The highest BCUT2D eigenvalue weighted by Gasteiger charge is 2.45. The van der Waals surface area contributed by atoms with Crippen LogP contribution in [0.1, 0.15) is 0 Å². The van der Waals surface area contributed by atoms with Crippen molar-refractivity contribution in [2.75, 3.05) is 0 Å². The Bertz CT molecular complexity index is 1790. The zero-order valence-electron chi connectivity index (χ0n) is 15.9. The molecule has 0 fully saturated rings. The molecule has 0 bridgehead atoms. The van der Waals surface area contributed by atoms with E-state index in [1.807, 2.05) is 11.8 Å². The molecule has 0 aliphatic carbocycles. The molecule has 5 heterocycles. The largest absolute Gasteiger partial charge is 0.295 e. The van der Waals surface area contributed by atoms with Crippen LogP contribution in [-0.2, 0) is 0 Å². The van der Waals surface area contributed by atoms with Gasteiger partial charge in [-0.2, -0.15) is 0 Å². The Morgan fingerprint density at radius 1 is 0.600 bits per heavy atom. The fourth-order valence-electron chi connectivity index (χ4n) is 6.34. The number of rotatable bonds is 0. The van der Waals surface area contributed by atoms with Gasteiger partial charge in [0.2, 0.25) is 0 Å². The highest BCUT2D eigenvalue weighted by Crippen LogP contribution is 2.43. The lowest BCUT2D eigenvalue weighted by Crippen LogP contribution is -2.60. The molecule has 0 saturated carbocycles. The quantitative estimate of drug-likeness (QED) is 0.347. The van der Waals surface area contributed by atoms with Crippen molar-refractivity contribution in [3.05, 3.63) is 78.9 Å². The van der Waals surface area contributed by atoms with Crippen LogP contribution in [0.5, 0.6) is 0 Å². The lowest BCUT2D eigenvalue weighted by atomic mass is 9.33. The van der Waals surface area contributed by atoms with Crippen molar-refractivity contribution in [2.45, 2.75) is 9.79 Å². The molecular formula is C26H13BN2S. The van der Waals surface area contributed by atoms with Crippen molar-refractivity contribution >= 4 is 62.4 Å². The number of para-hydroxylation sites is 2. The summed E-state index contributed by atoms with van der Waals surface area (Å²) in [6, 6.07) is 29.4. The van der Waals surface area contributed by atoms with Crippen LogP contribution >= 0.6 is 11.8 Å². The van der Waals surface area contributed by atoms with Crippen molar-refractivity contribution in [2.24, 2.45) is 0 Å². The highest BCUT2D eigenvalue weighted by atomic mass is 32.2. The maximum absolute atomic E-state index is 2.52. The minimum atomic E-state index is 0.322. The van der Waals surface area contributed by atoms with Crippen LogP contribution in [0.2, 0.25) is 0 Å². The predicted molar refractivity (Wildman–Crippen MR) is 126 cm³/mol. The Morgan fingerprint density at radius 3 is 2.27 bits per heavy atom. The van der Waals surface area contributed by atoms with E-state index in [9.17, 15) is 0 Å². The minimum Gasteiger partial charge on any atom is -0.295 e. The van der Waals surface area contributed by atoms with Crippen LogP contribution in [0.15, 0.2) is 88.7 Å². The van der Waals surface area contributed by atoms with Gasteiger partial charge in [-0.25, -0.2) is 0 Å². The Labute approximate surface area is 176 Å². The number of hydrogen-bond acceptors (Lipinski definition) is 1. The van der Waals surface area contributed by atoms with Crippen molar-refractivity contribution in [3.63, 3.8) is 0 Å². The van der Waals surface area contributed by atoms with Crippen LogP contribution in [-0.4, -0.2) is 15.7 Å². The second-order valence-corrected chi connectivity index (χ2v) is 9.62. The average Bonchev–Trinajstić information content (AvgIpc) is 3.31. The van der Waals surface area contributed by atoms with Crippen molar-refractivity contribution < 1.29 is 0 Å². The first-order valence-electron chi connectivity index (χ1n) is 10.4. The van der Waals surface area contributed by atoms with E-state index in [2.05, 4.69) is 87.8 Å². The summed E-state index contributed by atoms with van der Waals surface area (Å²) in [5.41, 5.74) is 13.9. The van der Waals surface area contributed by atoms with Gasteiger partial charge in [0.25, 0.3) is 6.71 Å². The van der Waals surface area contributed by atoms with Gasteiger partial charge < -0.3 is 0 Å². The summed E-state index contributed by atoms with van der Waals surface area (Å²) >= 11 is 1.94. The third kappa shape index (κ3) is 1.33. The molecule has 0 spiro atoms. The number of hydrogen-bond donors (Lipinski definition) is 0. The van der Waals surface area contributed by atoms with Gasteiger partial charge in [0.1, 0.15) is 5.65 Å². The van der Waals surface area contributed by atoms with Crippen molar-refractivity contribution in [3.8, 4) is 16.8 Å². The second kappa shape index (κ2) is 4.53. The van der Waals surface area contributed by atoms with Gasteiger partial charge in [0, 0.05) is 20.9 Å². The smallest absolute Gasteiger partial charge is 0.253 e. The molecule has 0 atom stereocenters. The molecule has 6 aromatic rings. The standard InChI is InChI=1S/C26H13BN2S/c1-2-9-17-16(8-1)28-18-10-3-6-14-15-7-4-12-20-23(15)27-24-19(11-5-13-21(24)30-20)29(17)26(28)25(27)22(14)18/h1-13H. The summed E-state index contributed by atoms with van der Waals surface area (Å²) in [5.74, 6) is 0. The monoisotopic (exact) mass is 396 g/mol. The zero-order chi connectivity index (χ0) is 19.1. The summed E-state index contributed by atoms with van der Waals surface area (Å²) in [4.78, 5) is 2.81. The topological polar surface area (TPSA) is 9.34 Å². The van der Waals surface area contributed by atoms with Crippen LogP contribution in [0, 0.1) is 0 Å². The van der Waals surface area contributed by atoms with Gasteiger partial charge in [-0.05, 0) is 63.9 Å². The number of fused-ring (bicyclic) bond motifs is 6. The zero-order valence-corrected chi connectivity index (χ0v) is 16.7. The first-order chi connectivity index (χ1) is 14.9. The van der Waals surface area contributed by atoms with Crippen LogP contribution in [0.3, 0.4) is 0 Å². The fourth-order valence-corrected chi connectivity index (χ4v) is 7.54. The summed E-state index contributed by atoms with van der Waals surface area (Å²) in [5, 5.41) is 1.44. The van der Waals surface area contributed by atoms with E-state index >= 15 is 0 Å². The van der Waals surface area contributed by atoms with Crippen LogP contribution in [0.4, 0.5) is 0 Å². The molecule has 30 heavy (non-hydrogen) atoms. The SMILES string of the molecule is c1cc2c3c(c1)-c1cccc4c1c1c5n(c6ccccc6n45)-c4cccc(c4B31)S2. The molecule has 136 valence electrons. The van der Waals surface area contributed by atoms with Gasteiger partial charge in [-0.3, -0.25) is 8.97 Å². The van der Waals surface area contributed by atoms with Crippen molar-refractivity contribution in [1.82, 2.24) is 8.97 Å². The Balaban J connectivity index is 1.71. The Morgan fingerprint density at radius 2 is 1.33 bits per heavy atom. The summed E-state index contributed by atoms with van der Waals surface area (Å²) in [6.07, 6.45) is 0. The van der Waals surface area contributed by atoms with E-state index in [1.54, 1.807) is 0 Å². The van der Waals surface area contributed by atoms with E-state index in [0.717, 1.165) is 0 Å². The molecule has 4 aromatic carbocycles. The lowest BCUT2D eigenvalue weighted by Gasteiger charge is -2.35. The van der Waals surface area contributed by atoms with Gasteiger partial charge in [0.15, 0.2) is 0 Å². The first-order valence-corrected chi connectivity index (χ1v) is 11.2. The lowest BCUT2D eigenvalue weighted by molar-refractivity contribution is 1.14. The van der Waals surface area contributed by atoms with Crippen LogP contribution < -0.4 is 16.4 Å². The normalized spacial score (nSPS) is 14.5. The molecular weight excluding hydrogens is 383 g/mol. The van der Waals surface area contributed by atoms with E-state index in [4.69, 9.17) is 0 Å². The molecule has 0 unspecified atom stereocenters. The Hall–Kier alpha value is -3.37. The van der Waals surface area contributed by atoms with E-state index in [1.165, 1.54) is 70.6 Å².